The SMILES string of the molecule is CC1CCc2ccccc2N1C(=O)c1cn[nH]c1N. The van der Waals surface area contributed by atoms with Crippen LogP contribution in [0.2, 0.25) is 0 Å². The van der Waals surface area contributed by atoms with Crippen LogP contribution in [-0.4, -0.2) is 22.1 Å². The predicted molar refractivity (Wildman–Crippen MR) is 74.0 cm³/mol. The van der Waals surface area contributed by atoms with E-state index in [1.54, 1.807) is 0 Å². The van der Waals surface area contributed by atoms with Crippen LogP contribution in [0.1, 0.15) is 29.3 Å². The number of hydrogen-bond acceptors (Lipinski definition) is 3. The normalized spacial score (nSPS) is 18.2. The van der Waals surface area contributed by atoms with Crippen LogP contribution in [0.4, 0.5) is 11.5 Å². The minimum atomic E-state index is -0.0918. The van der Waals surface area contributed by atoms with Crippen molar-refractivity contribution in [2.45, 2.75) is 25.8 Å². The quantitative estimate of drug-likeness (QED) is 0.819. The lowest BCUT2D eigenvalue weighted by molar-refractivity contribution is 0.0976. The Morgan fingerprint density at radius 2 is 2.26 bits per heavy atom. The second-order valence-electron chi connectivity index (χ2n) is 4.89. The topological polar surface area (TPSA) is 75.0 Å². The average Bonchev–Trinajstić information content (AvgIpc) is 2.84. The van der Waals surface area contributed by atoms with Gasteiger partial charge in [0.1, 0.15) is 11.4 Å². The predicted octanol–water partition coefficient (Wildman–Crippen LogP) is 1.97. The molecule has 5 heteroatoms. The minimum Gasteiger partial charge on any atom is -0.383 e. The Labute approximate surface area is 111 Å². The first-order chi connectivity index (χ1) is 9.18. The number of anilines is 2. The van der Waals surface area contributed by atoms with Crippen LogP contribution in [-0.2, 0) is 6.42 Å². The number of para-hydroxylation sites is 1. The Bertz CT molecular complexity index is 619. The van der Waals surface area contributed by atoms with Gasteiger partial charge in [-0.05, 0) is 31.4 Å². The van der Waals surface area contributed by atoms with Gasteiger partial charge in [0.15, 0.2) is 0 Å². The number of nitrogens with two attached hydrogens (primary N) is 1. The zero-order valence-corrected chi connectivity index (χ0v) is 10.8. The van der Waals surface area contributed by atoms with E-state index in [2.05, 4.69) is 23.2 Å². The van der Waals surface area contributed by atoms with Crippen molar-refractivity contribution < 1.29 is 4.79 Å². The van der Waals surface area contributed by atoms with Crippen LogP contribution >= 0.6 is 0 Å². The van der Waals surface area contributed by atoms with Gasteiger partial charge in [-0.3, -0.25) is 9.89 Å². The molecule has 1 aliphatic heterocycles. The Morgan fingerprint density at radius 1 is 1.47 bits per heavy atom. The molecule has 5 nitrogen and oxygen atoms in total. The summed E-state index contributed by atoms with van der Waals surface area (Å²) in [7, 11) is 0. The number of H-pyrrole nitrogens is 1. The molecular weight excluding hydrogens is 240 g/mol. The van der Waals surface area contributed by atoms with Gasteiger partial charge in [-0.1, -0.05) is 18.2 Å². The Kier molecular flexibility index (Phi) is 2.74. The van der Waals surface area contributed by atoms with Crippen LogP contribution in [0.25, 0.3) is 0 Å². The number of carbonyl (C=O) groups excluding carboxylic acids is 1. The number of amides is 1. The summed E-state index contributed by atoms with van der Waals surface area (Å²) in [5, 5.41) is 6.43. The number of rotatable bonds is 1. The Hall–Kier alpha value is -2.30. The van der Waals surface area contributed by atoms with Crippen molar-refractivity contribution in [2.24, 2.45) is 0 Å². The smallest absolute Gasteiger partial charge is 0.263 e. The zero-order chi connectivity index (χ0) is 13.4. The van der Waals surface area contributed by atoms with E-state index in [4.69, 9.17) is 5.73 Å². The molecule has 98 valence electrons. The van der Waals surface area contributed by atoms with Gasteiger partial charge in [0.25, 0.3) is 5.91 Å². The van der Waals surface area contributed by atoms with Gasteiger partial charge in [-0.15, -0.1) is 0 Å². The summed E-state index contributed by atoms with van der Waals surface area (Å²) in [5.74, 6) is 0.228. The van der Waals surface area contributed by atoms with Gasteiger partial charge in [0.05, 0.1) is 6.20 Å². The third kappa shape index (κ3) is 1.87. The molecule has 0 bridgehead atoms. The van der Waals surface area contributed by atoms with E-state index < -0.39 is 0 Å². The number of hydrogen-bond donors (Lipinski definition) is 2. The fraction of sp³-hybridized carbons (Fsp3) is 0.286. The summed E-state index contributed by atoms with van der Waals surface area (Å²) in [5.41, 5.74) is 8.37. The maximum absolute atomic E-state index is 12.6. The molecule has 1 aromatic carbocycles. The zero-order valence-electron chi connectivity index (χ0n) is 10.8. The molecule has 0 spiro atoms. The molecule has 3 rings (SSSR count). The summed E-state index contributed by atoms with van der Waals surface area (Å²) < 4.78 is 0. The lowest BCUT2D eigenvalue weighted by atomic mass is 9.96. The Balaban J connectivity index is 2.05. The van der Waals surface area contributed by atoms with Crippen LogP contribution in [0.3, 0.4) is 0 Å². The number of aromatic nitrogens is 2. The lowest BCUT2D eigenvalue weighted by Gasteiger charge is -2.35. The van der Waals surface area contributed by atoms with E-state index in [0.29, 0.717) is 11.4 Å². The summed E-state index contributed by atoms with van der Waals surface area (Å²) in [4.78, 5) is 14.5. The highest BCUT2D eigenvalue weighted by atomic mass is 16.2. The van der Waals surface area contributed by atoms with E-state index in [0.717, 1.165) is 18.5 Å². The summed E-state index contributed by atoms with van der Waals surface area (Å²) in [6.07, 6.45) is 3.45. The summed E-state index contributed by atoms with van der Waals surface area (Å²) >= 11 is 0. The van der Waals surface area contributed by atoms with Gasteiger partial charge in [-0.25, -0.2) is 0 Å². The van der Waals surface area contributed by atoms with E-state index in [9.17, 15) is 4.79 Å². The fourth-order valence-electron chi connectivity index (χ4n) is 2.59. The van der Waals surface area contributed by atoms with E-state index in [1.807, 2.05) is 23.1 Å². The van der Waals surface area contributed by atoms with Gasteiger partial charge in [0, 0.05) is 11.7 Å². The van der Waals surface area contributed by atoms with Crippen LogP contribution in [0, 0.1) is 0 Å². The molecule has 1 aliphatic rings. The fourth-order valence-corrected chi connectivity index (χ4v) is 2.59. The van der Waals surface area contributed by atoms with Crippen molar-refractivity contribution in [3.63, 3.8) is 0 Å². The highest BCUT2D eigenvalue weighted by Gasteiger charge is 2.30. The van der Waals surface area contributed by atoms with Crippen molar-refractivity contribution in [3.05, 3.63) is 41.6 Å². The molecule has 0 saturated heterocycles. The highest BCUT2D eigenvalue weighted by Crippen LogP contribution is 2.32. The van der Waals surface area contributed by atoms with Crippen molar-refractivity contribution >= 4 is 17.4 Å². The molecule has 1 amide bonds. The van der Waals surface area contributed by atoms with Crippen molar-refractivity contribution in [1.29, 1.82) is 0 Å². The van der Waals surface area contributed by atoms with Crippen molar-refractivity contribution in [2.75, 3.05) is 10.6 Å². The maximum Gasteiger partial charge on any atom is 0.263 e. The maximum atomic E-state index is 12.6. The number of aryl methyl sites for hydroxylation is 1. The second-order valence-corrected chi connectivity index (χ2v) is 4.89. The Morgan fingerprint density at radius 3 is 3.00 bits per heavy atom. The molecule has 2 heterocycles. The van der Waals surface area contributed by atoms with Crippen LogP contribution < -0.4 is 10.6 Å². The molecular formula is C14H16N4O. The highest BCUT2D eigenvalue weighted by molar-refractivity contribution is 6.09. The molecule has 0 radical (unpaired) electrons. The number of aromatic amines is 1. The molecule has 1 aromatic heterocycles. The molecule has 19 heavy (non-hydrogen) atoms. The van der Waals surface area contributed by atoms with Gasteiger partial charge in [-0.2, -0.15) is 5.10 Å². The van der Waals surface area contributed by atoms with Gasteiger partial charge < -0.3 is 10.6 Å². The summed E-state index contributed by atoms with van der Waals surface area (Å²) in [6, 6.07) is 8.18. The molecule has 0 fully saturated rings. The standard InChI is InChI=1S/C14H16N4O/c1-9-6-7-10-4-2-3-5-12(10)18(9)14(19)11-8-16-17-13(11)15/h2-5,8-9H,6-7H2,1H3,(H3,15,16,17). The first-order valence-corrected chi connectivity index (χ1v) is 6.39. The van der Waals surface area contributed by atoms with Crippen molar-refractivity contribution in [3.8, 4) is 0 Å². The lowest BCUT2D eigenvalue weighted by Crippen LogP contribution is -2.42. The number of fused-ring (bicyclic) bond motifs is 1. The van der Waals surface area contributed by atoms with Crippen molar-refractivity contribution in [1.82, 2.24) is 10.2 Å². The summed E-state index contributed by atoms with van der Waals surface area (Å²) in [6.45, 7) is 2.06. The average molecular weight is 256 g/mol. The van der Waals surface area contributed by atoms with E-state index >= 15 is 0 Å². The molecule has 2 aromatic rings. The molecule has 0 aliphatic carbocycles. The van der Waals surface area contributed by atoms with Crippen LogP contribution in [0.5, 0.6) is 0 Å². The third-order valence-corrected chi connectivity index (χ3v) is 3.64. The number of nitrogens with zero attached hydrogens (tertiary/aromatic N) is 2. The molecule has 1 unspecified atom stereocenters. The first kappa shape index (κ1) is 11.8. The van der Waals surface area contributed by atoms with E-state index in [-0.39, 0.29) is 11.9 Å². The first-order valence-electron chi connectivity index (χ1n) is 6.39. The molecule has 1 atom stereocenters. The number of nitrogen functional groups attached to an aromatic ring is 1. The van der Waals surface area contributed by atoms with Gasteiger partial charge in [0.2, 0.25) is 0 Å². The number of benzene rings is 1. The molecule has 3 N–H and O–H groups in total. The van der Waals surface area contributed by atoms with Crippen LogP contribution in [0.15, 0.2) is 30.5 Å². The number of nitrogens with one attached hydrogen (secondary N) is 1. The molecule has 0 saturated carbocycles. The third-order valence-electron chi connectivity index (χ3n) is 3.64. The van der Waals surface area contributed by atoms with Gasteiger partial charge >= 0.3 is 0 Å². The monoisotopic (exact) mass is 256 g/mol. The largest absolute Gasteiger partial charge is 0.383 e. The van der Waals surface area contributed by atoms with E-state index in [1.165, 1.54) is 11.8 Å². The number of carbonyl (C=O) groups is 1. The second kappa shape index (κ2) is 4.42. The minimum absolute atomic E-state index is 0.0918.